The second-order valence-electron chi connectivity index (χ2n) is 10.5. The van der Waals surface area contributed by atoms with Gasteiger partial charge in [-0.25, -0.2) is 0 Å². The molecule has 0 N–H and O–H groups in total. The maximum atomic E-state index is 10.9. The predicted molar refractivity (Wildman–Crippen MR) is 103 cm³/mol. The van der Waals surface area contributed by atoms with Gasteiger partial charge in [0.25, 0.3) is 12.9 Å². The summed E-state index contributed by atoms with van der Waals surface area (Å²) < 4.78 is 10.7. The van der Waals surface area contributed by atoms with Crippen molar-refractivity contribution in [2.75, 3.05) is 0 Å². The van der Waals surface area contributed by atoms with Crippen molar-refractivity contribution in [3.05, 3.63) is 0 Å². The largest absolute Gasteiger partial charge is 0.465 e. The molecular weight excluding hydrogens is 340 g/mol. The van der Waals surface area contributed by atoms with Gasteiger partial charge in [-0.15, -0.1) is 0 Å². The Morgan fingerprint density at radius 2 is 1.63 bits per heavy atom. The second kappa shape index (κ2) is 7.08. The number of carbonyl (C=O) groups excluding carboxylic acids is 2. The zero-order valence-electron chi connectivity index (χ0n) is 17.2. The summed E-state index contributed by atoms with van der Waals surface area (Å²) in [5.74, 6) is 3.63. The smallest absolute Gasteiger partial charge is 0.293 e. The van der Waals surface area contributed by atoms with E-state index in [2.05, 4.69) is 20.8 Å². The molecule has 0 amide bonds. The third-order valence-corrected chi connectivity index (χ3v) is 9.78. The van der Waals surface area contributed by atoms with Crippen LogP contribution in [0.3, 0.4) is 0 Å². The van der Waals surface area contributed by atoms with E-state index in [1.165, 1.54) is 44.9 Å². The SMILES string of the molecule is CC(OC=O)C1CCC2C3CCC4CC(OC=O)CCC4(C)C3CCC12C. The van der Waals surface area contributed by atoms with E-state index in [0.29, 0.717) is 35.6 Å². The minimum atomic E-state index is 0.0388. The van der Waals surface area contributed by atoms with Gasteiger partial charge in [-0.2, -0.15) is 0 Å². The molecule has 0 aromatic heterocycles. The molecule has 4 nitrogen and oxygen atoms in total. The standard InChI is InChI=1S/C23H36O4/c1-15(26-13-24)19-6-7-20-18-5-4-16-12-17(27-14-25)8-10-22(16,2)21(18)9-11-23(19,20)3/h13-21H,4-12H2,1-3H3. The van der Waals surface area contributed by atoms with Crippen LogP contribution in [0.2, 0.25) is 0 Å². The molecule has 4 saturated carbocycles. The first-order chi connectivity index (χ1) is 12.9. The van der Waals surface area contributed by atoms with Crippen LogP contribution >= 0.6 is 0 Å². The fraction of sp³-hybridized carbons (Fsp3) is 0.913. The monoisotopic (exact) mass is 376 g/mol. The maximum Gasteiger partial charge on any atom is 0.293 e. The van der Waals surface area contributed by atoms with Gasteiger partial charge in [0, 0.05) is 5.92 Å². The molecule has 0 aromatic carbocycles. The van der Waals surface area contributed by atoms with Crippen LogP contribution in [0.15, 0.2) is 0 Å². The van der Waals surface area contributed by atoms with Gasteiger partial charge < -0.3 is 9.47 Å². The molecule has 0 aromatic rings. The molecule has 0 aliphatic heterocycles. The molecule has 0 saturated heterocycles. The minimum Gasteiger partial charge on any atom is -0.465 e. The zero-order valence-corrected chi connectivity index (χ0v) is 17.2. The lowest BCUT2D eigenvalue weighted by molar-refractivity contribution is -0.155. The summed E-state index contributed by atoms with van der Waals surface area (Å²) in [5.41, 5.74) is 0.737. The van der Waals surface area contributed by atoms with Gasteiger partial charge in [0.1, 0.15) is 12.2 Å². The van der Waals surface area contributed by atoms with Crippen LogP contribution in [0.4, 0.5) is 0 Å². The molecule has 0 spiro atoms. The molecule has 9 atom stereocenters. The maximum absolute atomic E-state index is 10.9. The van der Waals surface area contributed by atoms with Gasteiger partial charge in [-0.1, -0.05) is 13.8 Å². The van der Waals surface area contributed by atoms with Gasteiger partial charge in [-0.05, 0) is 99.2 Å². The Morgan fingerprint density at radius 1 is 0.889 bits per heavy atom. The Morgan fingerprint density at radius 3 is 2.37 bits per heavy atom. The average Bonchev–Trinajstić information content (AvgIpc) is 3.00. The predicted octanol–water partition coefficient (Wildman–Crippen LogP) is 4.75. The summed E-state index contributed by atoms with van der Waals surface area (Å²) in [4.78, 5) is 21.7. The van der Waals surface area contributed by atoms with Crippen LogP contribution < -0.4 is 0 Å². The van der Waals surface area contributed by atoms with Crippen molar-refractivity contribution in [1.29, 1.82) is 0 Å². The lowest BCUT2D eigenvalue weighted by Crippen LogP contribution is -2.54. The normalized spacial score (nSPS) is 49.9. The average molecular weight is 377 g/mol. The number of carbonyl (C=O) groups is 2. The van der Waals surface area contributed by atoms with Crippen molar-refractivity contribution in [1.82, 2.24) is 0 Å². The van der Waals surface area contributed by atoms with E-state index >= 15 is 0 Å². The molecule has 0 radical (unpaired) electrons. The molecule has 152 valence electrons. The van der Waals surface area contributed by atoms with E-state index in [4.69, 9.17) is 9.47 Å². The summed E-state index contributed by atoms with van der Waals surface area (Å²) in [6.07, 6.45) is 11.2. The number of hydrogen-bond acceptors (Lipinski definition) is 4. The molecule has 0 bridgehead atoms. The molecule has 4 rings (SSSR count). The zero-order chi connectivity index (χ0) is 19.2. The van der Waals surface area contributed by atoms with E-state index in [9.17, 15) is 9.59 Å². The highest BCUT2D eigenvalue weighted by Gasteiger charge is 2.61. The summed E-state index contributed by atoms with van der Waals surface area (Å²) in [6.45, 7) is 8.40. The summed E-state index contributed by atoms with van der Waals surface area (Å²) >= 11 is 0. The summed E-state index contributed by atoms with van der Waals surface area (Å²) in [7, 11) is 0. The lowest BCUT2D eigenvalue weighted by Gasteiger charge is -2.61. The van der Waals surface area contributed by atoms with Crippen molar-refractivity contribution in [2.24, 2.45) is 40.4 Å². The van der Waals surface area contributed by atoms with Gasteiger partial charge in [0.2, 0.25) is 0 Å². The van der Waals surface area contributed by atoms with Crippen molar-refractivity contribution in [3.8, 4) is 0 Å². The van der Waals surface area contributed by atoms with Crippen LogP contribution in [0.5, 0.6) is 0 Å². The Bertz CT molecular complexity index is 577. The van der Waals surface area contributed by atoms with Crippen LogP contribution in [-0.2, 0) is 19.1 Å². The van der Waals surface area contributed by atoms with Crippen molar-refractivity contribution < 1.29 is 19.1 Å². The molecule has 4 fully saturated rings. The molecule has 0 heterocycles. The van der Waals surface area contributed by atoms with E-state index in [-0.39, 0.29) is 12.2 Å². The third-order valence-electron chi connectivity index (χ3n) is 9.78. The van der Waals surface area contributed by atoms with Crippen molar-refractivity contribution in [3.63, 3.8) is 0 Å². The number of ether oxygens (including phenoxy) is 2. The van der Waals surface area contributed by atoms with E-state index in [0.717, 1.165) is 30.6 Å². The van der Waals surface area contributed by atoms with Crippen molar-refractivity contribution >= 4 is 12.9 Å². The Hall–Kier alpha value is -1.06. The van der Waals surface area contributed by atoms with Crippen LogP contribution in [-0.4, -0.2) is 25.2 Å². The van der Waals surface area contributed by atoms with E-state index in [1.54, 1.807) is 0 Å². The number of hydrogen-bond donors (Lipinski definition) is 0. The van der Waals surface area contributed by atoms with Gasteiger partial charge in [0.15, 0.2) is 0 Å². The first-order valence-corrected chi connectivity index (χ1v) is 11.1. The van der Waals surface area contributed by atoms with E-state index in [1.807, 2.05) is 0 Å². The van der Waals surface area contributed by atoms with Gasteiger partial charge in [-0.3, -0.25) is 9.59 Å². The quantitative estimate of drug-likeness (QED) is 0.650. The minimum absolute atomic E-state index is 0.0388. The van der Waals surface area contributed by atoms with Crippen LogP contribution in [0, 0.1) is 40.4 Å². The lowest BCUT2D eigenvalue weighted by atomic mass is 9.44. The Kier molecular flexibility index (Phi) is 5.05. The highest BCUT2D eigenvalue weighted by molar-refractivity contribution is 5.38. The molecule has 9 unspecified atom stereocenters. The third kappa shape index (κ3) is 2.93. The number of fused-ring (bicyclic) bond motifs is 5. The van der Waals surface area contributed by atoms with Crippen LogP contribution in [0.25, 0.3) is 0 Å². The topological polar surface area (TPSA) is 52.6 Å². The second-order valence-corrected chi connectivity index (χ2v) is 10.5. The highest BCUT2D eigenvalue weighted by atomic mass is 16.5. The van der Waals surface area contributed by atoms with Crippen molar-refractivity contribution in [2.45, 2.75) is 90.8 Å². The fourth-order valence-corrected chi connectivity index (χ4v) is 8.42. The molecule has 4 aliphatic rings. The molecular formula is C23H36O4. The molecule has 27 heavy (non-hydrogen) atoms. The molecule has 4 aliphatic carbocycles. The molecule has 4 heteroatoms. The summed E-state index contributed by atoms with van der Waals surface area (Å²) in [5, 5.41) is 0. The Labute approximate surface area is 163 Å². The highest BCUT2D eigenvalue weighted by Crippen LogP contribution is 2.67. The summed E-state index contributed by atoms with van der Waals surface area (Å²) in [6, 6.07) is 0. The van der Waals surface area contributed by atoms with Crippen LogP contribution in [0.1, 0.15) is 78.6 Å². The first-order valence-electron chi connectivity index (χ1n) is 11.1. The first kappa shape index (κ1) is 19.3. The number of rotatable bonds is 5. The Balaban J connectivity index is 1.53. The van der Waals surface area contributed by atoms with Gasteiger partial charge >= 0.3 is 0 Å². The fourth-order valence-electron chi connectivity index (χ4n) is 8.42. The van der Waals surface area contributed by atoms with Gasteiger partial charge in [0.05, 0.1) is 0 Å². The van der Waals surface area contributed by atoms with E-state index < -0.39 is 0 Å².